The maximum Gasteiger partial charge on any atom is 0.253 e. The minimum atomic E-state index is -3.26. The molecule has 2 aliphatic heterocycles. The Balaban J connectivity index is 0.00000240. The third-order valence-corrected chi connectivity index (χ3v) is 7.35. The zero-order valence-electron chi connectivity index (χ0n) is 16.9. The summed E-state index contributed by atoms with van der Waals surface area (Å²) < 4.78 is 23.3. The van der Waals surface area contributed by atoms with Crippen molar-refractivity contribution in [3.8, 4) is 0 Å². The van der Waals surface area contributed by atoms with Crippen LogP contribution in [0.2, 0.25) is 0 Å². The summed E-state index contributed by atoms with van der Waals surface area (Å²) in [5.74, 6) is 0.875. The first-order valence-corrected chi connectivity index (χ1v) is 11.5. The Labute approximate surface area is 179 Å². The van der Waals surface area contributed by atoms with Crippen LogP contribution in [0.1, 0.15) is 27.5 Å². The highest BCUT2D eigenvalue weighted by Crippen LogP contribution is 2.45. The zero-order valence-corrected chi connectivity index (χ0v) is 18.5. The lowest BCUT2D eigenvalue weighted by atomic mass is 9.88. The number of halogens is 1. The SMILES string of the molecule is Cc1ccccc1[C@H]1[C@@H]2CN(C(=O)c3ccc(S(C)(=O)=O)cc3)C[C@@H]2CN1C.Cl. The molecule has 1 amide bonds. The molecule has 2 fully saturated rings. The molecule has 4 rings (SSSR count). The normalized spacial score (nSPS) is 24.2. The van der Waals surface area contributed by atoms with E-state index in [0.29, 0.717) is 23.4 Å². The molecule has 0 aliphatic carbocycles. The lowest BCUT2D eigenvalue weighted by molar-refractivity contribution is 0.0767. The van der Waals surface area contributed by atoms with E-state index in [4.69, 9.17) is 0 Å². The largest absolute Gasteiger partial charge is 0.338 e. The predicted molar refractivity (Wildman–Crippen MR) is 116 cm³/mol. The molecule has 5 nitrogen and oxygen atoms in total. The number of amides is 1. The third kappa shape index (κ3) is 4.06. The molecule has 0 radical (unpaired) electrons. The number of carbonyl (C=O) groups is 1. The molecule has 3 atom stereocenters. The van der Waals surface area contributed by atoms with E-state index in [1.165, 1.54) is 29.5 Å². The summed E-state index contributed by atoms with van der Waals surface area (Å²) in [6.45, 7) is 4.63. The van der Waals surface area contributed by atoms with Crippen LogP contribution in [0, 0.1) is 18.8 Å². The highest BCUT2D eigenvalue weighted by Gasteiger charge is 2.47. The van der Waals surface area contributed by atoms with Gasteiger partial charge in [-0.2, -0.15) is 0 Å². The van der Waals surface area contributed by atoms with Crippen LogP contribution in [0.3, 0.4) is 0 Å². The van der Waals surface area contributed by atoms with E-state index in [1.54, 1.807) is 12.1 Å². The number of benzene rings is 2. The molecule has 29 heavy (non-hydrogen) atoms. The van der Waals surface area contributed by atoms with E-state index in [1.807, 2.05) is 4.90 Å². The van der Waals surface area contributed by atoms with Crippen molar-refractivity contribution in [1.82, 2.24) is 9.80 Å². The Bertz CT molecular complexity index is 1010. The van der Waals surface area contributed by atoms with Crippen molar-refractivity contribution in [2.24, 2.45) is 11.8 Å². The second-order valence-electron chi connectivity index (χ2n) is 8.17. The fourth-order valence-corrected chi connectivity index (χ4v) is 5.47. The number of hydrogen-bond donors (Lipinski definition) is 0. The van der Waals surface area contributed by atoms with Crippen LogP contribution in [0.15, 0.2) is 53.4 Å². The Kier molecular flexibility index (Phi) is 6.08. The van der Waals surface area contributed by atoms with Crippen LogP contribution in [-0.4, -0.2) is 57.1 Å². The maximum absolute atomic E-state index is 13.0. The van der Waals surface area contributed by atoms with Gasteiger partial charge in [0.15, 0.2) is 9.84 Å². The molecular weight excluding hydrogens is 408 g/mol. The summed E-state index contributed by atoms with van der Waals surface area (Å²) in [6.07, 6.45) is 1.17. The zero-order chi connectivity index (χ0) is 20.1. The van der Waals surface area contributed by atoms with Gasteiger partial charge in [0.05, 0.1) is 4.90 Å². The van der Waals surface area contributed by atoms with Gasteiger partial charge in [0.25, 0.3) is 5.91 Å². The molecule has 0 spiro atoms. The highest BCUT2D eigenvalue weighted by atomic mass is 35.5. The molecular formula is C22H27ClN2O3S. The van der Waals surface area contributed by atoms with Gasteiger partial charge in [-0.05, 0) is 55.3 Å². The lowest BCUT2D eigenvalue weighted by Gasteiger charge is -2.28. The number of carbonyl (C=O) groups excluding carboxylic acids is 1. The maximum atomic E-state index is 13.0. The average Bonchev–Trinajstić information content (AvgIpc) is 3.18. The molecule has 2 aromatic carbocycles. The number of sulfone groups is 1. The van der Waals surface area contributed by atoms with E-state index < -0.39 is 9.84 Å². The summed E-state index contributed by atoms with van der Waals surface area (Å²) in [4.78, 5) is 17.6. The molecule has 2 saturated heterocycles. The summed E-state index contributed by atoms with van der Waals surface area (Å²) in [6, 6.07) is 15.1. The van der Waals surface area contributed by atoms with Gasteiger partial charge in [-0.15, -0.1) is 12.4 Å². The van der Waals surface area contributed by atoms with E-state index >= 15 is 0 Å². The van der Waals surface area contributed by atoms with Crippen molar-refractivity contribution >= 4 is 28.2 Å². The van der Waals surface area contributed by atoms with Gasteiger partial charge in [0, 0.05) is 43.4 Å². The molecule has 7 heteroatoms. The first-order valence-electron chi connectivity index (χ1n) is 9.61. The number of nitrogens with zero attached hydrogens (tertiary/aromatic N) is 2. The van der Waals surface area contributed by atoms with Gasteiger partial charge in [0.1, 0.15) is 0 Å². The van der Waals surface area contributed by atoms with Crippen molar-refractivity contribution in [2.75, 3.05) is 32.9 Å². The average molecular weight is 435 g/mol. The lowest BCUT2D eigenvalue weighted by Crippen LogP contribution is -2.33. The van der Waals surface area contributed by atoms with Crippen molar-refractivity contribution in [3.05, 3.63) is 65.2 Å². The van der Waals surface area contributed by atoms with Crippen molar-refractivity contribution in [1.29, 1.82) is 0 Å². The van der Waals surface area contributed by atoms with Crippen LogP contribution in [0.25, 0.3) is 0 Å². The van der Waals surface area contributed by atoms with E-state index in [2.05, 4.69) is 43.1 Å². The van der Waals surface area contributed by atoms with Crippen LogP contribution in [0.5, 0.6) is 0 Å². The van der Waals surface area contributed by atoms with E-state index in [-0.39, 0.29) is 23.2 Å². The summed E-state index contributed by atoms with van der Waals surface area (Å²) >= 11 is 0. The Morgan fingerprint density at radius 1 is 1.00 bits per heavy atom. The monoisotopic (exact) mass is 434 g/mol. The van der Waals surface area contributed by atoms with Crippen molar-refractivity contribution in [2.45, 2.75) is 17.9 Å². The Morgan fingerprint density at radius 2 is 1.66 bits per heavy atom. The first kappa shape index (κ1) is 21.8. The Hall–Kier alpha value is -1.89. The number of likely N-dealkylation sites (tertiary alicyclic amines) is 2. The standard InChI is InChI=1S/C22H26N2O3S.ClH/c1-15-6-4-5-7-19(15)21-20-14-24(13-17(20)12-23(21)2)22(25)16-8-10-18(11-9-16)28(3,26)27;/h4-11,17,20-21H,12-14H2,1-3H3;1H/t17-,20+,21-;/m0./s1. The number of rotatable bonds is 3. The molecule has 0 aromatic heterocycles. The summed E-state index contributed by atoms with van der Waals surface area (Å²) in [5, 5.41) is 0. The fraction of sp³-hybridized carbons (Fsp3) is 0.409. The van der Waals surface area contributed by atoms with Gasteiger partial charge >= 0.3 is 0 Å². The van der Waals surface area contributed by atoms with E-state index in [0.717, 1.165) is 19.6 Å². The second kappa shape index (κ2) is 8.09. The van der Waals surface area contributed by atoms with Crippen LogP contribution < -0.4 is 0 Å². The smallest absolute Gasteiger partial charge is 0.253 e. The molecule has 156 valence electrons. The predicted octanol–water partition coefficient (Wildman–Crippen LogP) is 3.20. The minimum absolute atomic E-state index is 0. The van der Waals surface area contributed by atoms with Gasteiger partial charge < -0.3 is 4.90 Å². The van der Waals surface area contributed by atoms with Crippen LogP contribution >= 0.6 is 12.4 Å². The fourth-order valence-electron chi connectivity index (χ4n) is 4.84. The van der Waals surface area contributed by atoms with Gasteiger partial charge in [0.2, 0.25) is 0 Å². The summed E-state index contributed by atoms with van der Waals surface area (Å²) in [5.41, 5.74) is 3.19. The summed E-state index contributed by atoms with van der Waals surface area (Å²) in [7, 11) is -1.08. The van der Waals surface area contributed by atoms with Crippen molar-refractivity contribution < 1.29 is 13.2 Å². The molecule has 2 heterocycles. The molecule has 0 bridgehead atoms. The number of hydrogen-bond acceptors (Lipinski definition) is 4. The van der Waals surface area contributed by atoms with Crippen molar-refractivity contribution in [3.63, 3.8) is 0 Å². The highest BCUT2D eigenvalue weighted by molar-refractivity contribution is 7.90. The van der Waals surface area contributed by atoms with Crippen LogP contribution in [0.4, 0.5) is 0 Å². The van der Waals surface area contributed by atoms with Crippen LogP contribution in [-0.2, 0) is 9.84 Å². The third-order valence-electron chi connectivity index (χ3n) is 6.22. The molecule has 2 aromatic rings. The van der Waals surface area contributed by atoms with Gasteiger partial charge in [-0.3, -0.25) is 9.69 Å². The first-order chi connectivity index (χ1) is 13.3. The topological polar surface area (TPSA) is 57.7 Å². The minimum Gasteiger partial charge on any atom is -0.338 e. The molecule has 2 aliphatic rings. The van der Waals surface area contributed by atoms with E-state index in [9.17, 15) is 13.2 Å². The quantitative estimate of drug-likeness (QED) is 0.744. The molecule has 0 saturated carbocycles. The Morgan fingerprint density at radius 3 is 2.28 bits per heavy atom. The number of fused-ring (bicyclic) bond motifs is 1. The van der Waals surface area contributed by atoms with Gasteiger partial charge in [-0.25, -0.2) is 8.42 Å². The molecule has 0 N–H and O–H groups in total. The number of aryl methyl sites for hydroxylation is 1. The van der Waals surface area contributed by atoms with Gasteiger partial charge in [-0.1, -0.05) is 24.3 Å². The second-order valence-corrected chi connectivity index (χ2v) is 10.2. The molecule has 0 unspecified atom stereocenters.